The van der Waals surface area contributed by atoms with Crippen LogP contribution in [0.5, 0.6) is 0 Å². The molecular formula is C12H15N3O. The molecule has 2 rings (SSSR count). The smallest absolute Gasteiger partial charge is 0.204 e. The maximum absolute atomic E-state index is 11.5. The molecule has 1 heterocycles. The molecule has 0 saturated carbocycles. The fourth-order valence-corrected chi connectivity index (χ4v) is 1.61. The molecule has 0 unspecified atom stereocenters. The van der Waals surface area contributed by atoms with Gasteiger partial charge in [-0.15, -0.1) is 9.53 Å². The first-order chi connectivity index (χ1) is 7.72. The van der Waals surface area contributed by atoms with Crippen LogP contribution in [0.15, 0.2) is 24.3 Å². The number of aromatic nitrogens is 3. The predicted molar refractivity (Wildman–Crippen MR) is 63.7 cm³/mol. The molecule has 0 radical (unpaired) electrons. The Kier molecular flexibility index (Phi) is 2.90. The molecule has 0 fully saturated rings. The van der Waals surface area contributed by atoms with Gasteiger partial charge in [0.1, 0.15) is 11.4 Å². The van der Waals surface area contributed by atoms with E-state index >= 15 is 0 Å². The van der Waals surface area contributed by atoms with Gasteiger partial charge in [-0.3, -0.25) is 0 Å². The fourth-order valence-electron chi connectivity index (χ4n) is 1.61. The fraction of sp³-hybridized carbons (Fsp3) is 0.333. The van der Waals surface area contributed by atoms with Crippen LogP contribution in [0.2, 0.25) is 0 Å². The van der Waals surface area contributed by atoms with Gasteiger partial charge in [0.15, 0.2) is 0 Å². The highest BCUT2D eigenvalue weighted by atomic mass is 16.5. The van der Waals surface area contributed by atoms with Crippen LogP contribution in [0, 0.1) is 12.1 Å². The molecule has 1 aromatic heterocycles. The zero-order chi connectivity index (χ0) is 11.5. The second-order valence-electron chi connectivity index (χ2n) is 3.87. The highest BCUT2D eigenvalue weighted by molar-refractivity contribution is 5.74. The highest BCUT2D eigenvalue weighted by Gasteiger charge is 2.11. The van der Waals surface area contributed by atoms with E-state index < -0.39 is 0 Å². The van der Waals surface area contributed by atoms with Gasteiger partial charge < -0.3 is 5.21 Å². The Hall–Kier alpha value is -1.84. The summed E-state index contributed by atoms with van der Waals surface area (Å²) in [6.07, 6.45) is 5.95. The van der Waals surface area contributed by atoms with E-state index in [0.717, 1.165) is 23.9 Å². The third-order valence-electron chi connectivity index (χ3n) is 2.46. The molecule has 0 bridgehead atoms. The van der Waals surface area contributed by atoms with Crippen molar-refractivity contribution < 1.29 is 4.85 Å². The van der Waals surface area contributed by atoms with Crippen molar-refractivity contribution in [3.8, 4) is 0 Å². The summed E-state index contributed by atoms with van der Waals surface area (Å²) in [5.74, 6) is 0. The average molecular weight is 217 g/mol. The summed E-state index contributed by atoms with van der Waals surface area (Å²) in [5, 5.41) is 15.4. The van der Waals surface area contributed by atoms with Crippen molar-refractivity contribution in [3.05, 3.63) is 35.0 Å². The Morgan fingerprint density at radius 3 is 3.06 bits per heavy atom. The molecule has 0 N–H and O–H groups in total. The van der Waals surface area contributed by atoms with E-state index in [2.05, 4.69) is 12.1 Å². The summed E-state index contributed by atoms with van der Waals surface area (Å²) in [6, 6.07) is 5.68. The lowest BCUT2D eigenvalue weighted by Gasteiger charge is -1.92. The summed E-state index contributed by atoms with van der Waals surface area (Å²) >= 11 is 0. The van der Waals surface area contributed by atoms with E-state index in [9.17, 15) is 5.21 Å². The minimum atomic E-state index is 0.603. The maximum atomic E-state index is 11.5. The number of nitrogens with zero attached hydrogens (tertiary/aromatic N) is 3. The zero-order valence-corrected chi connectivity index (χ0v) is 9.55. The highest BCUT2D eigenvalue weighted by Crippen LogP contribution is 2.12. The summed E-state index contributed by atoms with van der Waals surface area (Å²) in [4.78, 5) is 0.658. The molecule has 0 atom stereocenters. The van der Waals surface area contributed by atoms with Gasteiger partial charge in [0.05, 0.1) is 0 Å². The largest absolute Gasteiger partial charge is 0.691 e. The van der Waals surface area contributed by atoms with Gasteiger partial charge in [-0.25, -0.2) is 0 Å². The number of unbranched alkanes of at least 4 members (excludes halogenated alkanes) is 1. The Morgan fingerprint density at radius 1 is 1.50 bits per heavy atom. The average Bonchev–Trinajstić information content (AvgIpc) is 2.56. The number of benzene rings is 1. The van der Waals surface area contributed by atoms with Crippen molar-refractivity contribution in [2.75, 3.05) is 0 Å². The minimum Gasteiger partial charge on any atom is -0.691 e. The van der Waals surface area contributed by atoms with E-state index in [1.165, 1.54) is 0 Å². The summed E-state index contributed by atoms with van der Waals surface area (Å²) in [5.41, 5.74) is 2.58. The van der Waals surface area contributed by atoms with Crippen LogP contribution < -0.4 is 4.85 Å². The lowest BCUT2D eigenvalue weighted by molar-refractivity contribution is -0.645. The summed E-state index contributed by atoms with van der Waals surface area (Å²) in [7, 11) is 0. The van der Waals surface area contributed by atoms with E-state index in [0.29, 0.717) is 10.4 Å². The lowest BCUT2D eigenvalue weighted by Crippen LogP contribution is -2.28. The first-order valence-electron chi connectivity index (χ1n) is 5.47. The first kappa shape index (κ1) is 10.7. The van der Waals surface area contributed by atoms with Gasteiger partial charge in [-0.2, -0.15) is 0 Å². The van der Waals surface area contributed by atoms with Crippen molar-refractivity contribution in [1.82, 2.24) is 9.90 Å². The second kappa shape index (κ2) is 4.35. The molecule has 0 spiro atoms. The van der Waals surface area contributed by atoms with E-state index in [4.69, 9.17) is 0 Å². The predicted octanol–water partition coefficient (Wildman–Crippen LogP) is 2.25. The van der Waals surface area contributed by atoms with E-state index in [1.54, 1.807) is 10.7 Å². The van der Waals surface area contributed by atoms with Crippen LogP contribution in [-0.4, -0.2) is 9.90 Å². The number of fused-ring (bicyclic) bond motifs is 1. The molecule has 0 aliphatic heterocycles. The molecule has 0 amide bonds. The van der Waals surface area contributed by atoms with Crippen LogP contribution in [0.25, 0.3) is 17.2 Å². The maximum Gasteiger partial charge on any atom is 0.204 e. The minimum absolute atomic E-state index is 0.603. The van der Waals surface area contributed by atoms with Crippen LogP contribution in [0.1, 0.15) is 25.3 Å². The first-order valence-corrected chi connectivity index (χ1v) is 5.47. The van der Waals surface area contributed by atoms with Gasteiger partial charge >= 0.3 is 0 Å². The standard InChI is InChI=1S/C12H15N3O/c1-3-4-5-8-14-12-9-10(2)6-7-11(12)15(16)13-14/h5-9H,3-4H2,1-2H3/b8-5+. The third-order valence-corrected chi connectivity index (χ3v) is 2.46. The monoisotopic (exact) mass is 217 g/mol. The SMILES string of the molecule is CCC/C=C/n1n[n+]([O-])c2ccc(C)cc21. The summed E-state index contributed by atoms with van der Waals surface area (Å²) in [6.45, 7) is 4.12. The molecule has 0 aliphatic rings. The van der Waals surface area contributed by atoms with E-state index in [1.807, 2.05) is 31.3 Å². The Morgan fingerprint density at radius 2 is 2.31 bits per heavy atom. The molecule has 0 aliphatic carbocycles. The topological polar surface area (TPSA) is 44.8 Å². The van der Waals surface area contributed by atoms with Gasteiger partial charge in [-0.1, -0.05) is 19.4 Å². The molecule has 16 heavy (non-hydrogen) atoms. The summed E-state index contributed by atoms with van der Waals surface area (Å²) < 4.78 is 1.63. The molecular weight excluding hydrogens is 202 g/mol. The Bertz CT molecular complexity index is 528. The second-order valence-corrected chi connectivity index (χ2v) is 3.87. The Labute approximate surface area is 94.4 Å². The van der Waals surface area contributed by atoms with Crippen molar-refractivity contribution in [2.45, 2.75) is 26.7 Å². The van der Waals surface area contributed by atoms with Crippen molar-refractivity contribution >= 4 is 17.2 Å². The van der Waals surface area contributed by atoms with Crippen molar-refractivity contribution in [2.24, 2.45) is 0 Å². The molecule has 2 aromatic rings. The molecule has 0 saturated heterocycles. The molecule has 4 heteroatoms. The number of hydrogen-bond acceptors (Lipinski definition) is 2. The van der Waals surface area contributed by atoms with Gasteiger partial charge in [0, 0.05) is 0 Å². The number of allylic oxidation sites excluding steroid dienone is 1. The van der Waals surface area contributed by atoms with Gasteiger partial charge in [-0.05, 0) is 37.1 Å². The van der Waals surface area contributed by atoms with Crippen molar-refractivity contribution in [3.63, 3.8) is 0 Å². The van der Waals surface area contributed by atoms with Gasteiger partial charge in [0.25, 0.3) is 0 Å². The number of hydrogen-bond donors (Lipinski definition) is 0. The van der Waals surface area contributed by atoms with Crippen molar-refractivity contribution in [1.29, 1.82) is 0 Å². The molecule has 4 nitrogen and oxygen atoms in total. The quantitative estimate of drug-likeness (QED) is 0.584. The molecule has 1 aromatic carbocycles. The van der Waals surface area contributed by atoms with Gasteiger partial charge in [0.2, 0.25) is 11.0 Å². The van der Waals surface area contributed by atoms with Crippen LogP contribution in [0.3, 0.4) is 0 Å². The number of rotatable bonds is 3. The van der Waals surface area contributed by atoms with E-state index in [-0.39, 0.29) is 0 Å². The zero-order valence-electron chi connectivity index (χ0n) is 9.55. The molecule has 84 valence electrons. The third kappa shape index (κ3) is 1.91. The Balaban J connectivity index is 2.48. The van der Waals surface area contributed by atoms with Crippen LogP contribution in [-0.2, 0) is 0 Å². The van der Waals surface area contributed by atoms with Crippen LogP contribution in [0.4, 0.5) is 0 Å². The lowest BCUT2D eigenvalue weighted by atomic mass is 10.2. The normalized spacial score (nSPS) is 11.6. The van der Waals surface area contributed by atoms with Crippen LogP contribution >= 0.6 is 0 Å². The number of aryl methyl sites for hydroxylation is 1.